The Bertz CT molecular complexity index is 491. The van der Waals surface area contributed by atoms with Gasteiger partial charge < -0.3 is 4.90 Å². The number of halogens is 3. The predicted octanol–water partition coefficient (Wildman–Crippen LogP) is 3.92. The zero-order valence-corrected chi connectivity index (χ0v) is 10.8. The van der Waals surface area contributed by atoms with Crippen LogP contribution in [0.3, 0.4) is 0 Å². The summed E-state index contributed by atoms with van der Waals surface area (Å²) in [5.74, 6) is 3.04. The van der Waals surface area contributed by atoms with E-state index in [2.05, 4.69) is 17.7 Å². The second kappa shape index (κ2) is 5.16. The monoisotopic (exact) mass is 267 g/mol. The minimum Gasteiger partial charge on any atom is -0.371 e. The number of hydrogen-bond donors (Lipinski definition) is 0. The normalized spacial score (nSPS) is 17.3. The zero-order chi connectivity index (χ0) is 14.0. The van der Waals surface area contributed by atoms with Crippen molar-refractivity contribution in [1.82, 2.24) is 0 Å². The van der Waals surface area contributed by atoms with E-state index in [1.807, 2.05) is 0 Å². The molecule has 0 spiro atoms. The molecule has 1 fully saturated rings. The van der Waals surface area contributed by atoms with Gasteiger partial charge in [-0.05, 0) is 37.0 Å². The van der Waals surface area contributed by atoms with E-state index in [1.54, 1.807) is 0 Å². The largest absolute Gasteiger partial charge is 0.416 e. The van der Waals surface area contributed by atoms with Crippen molar-refractivity contribution in [2.45, 2.75) is 25.9 Å². The van der Waals surface area contributed by atoms with E-state index in [1.165, 1.54) is 6.07 Å². The Morgan fingerprint density at radius 2 is 1.89 bits per heavy atom. The van der Waals surface area contributed by atoms with Gasteiger partial charge in [-0.2, -0.15) is 13.2 Å². The van der Waals surface area contributed by atoms with Crippen LogP contribution in [0, 0.1) is 18.3 Å². The fraction of sp³-hybridized carbons (Fsp3) is 0.467. The molecule has 1 aromatic rings. The molecule has 0 radical (unpaired) electrons. The highest BCUT2D eigenvalue weighted by Crippen LogP contribution is 2.33. The van der Waals surface area contributed by atoms with Crippen molar-refractivity contribution >= 4 is 5.69 Å². The number of alkyl halides is 3. The molecule has 0 aromatic heterocycles. The van der Waals surface area contributed by atoms with Gasteiger partial charge in [0.05, 0.1) is 11.3 Å². The summed E-state index contributed by atoms with van der Waals surface area (Å²) in [5, 5.41) is 0. The molecule has 19 heavy (non-hydrogen) atoms. The molecule has 1 aliphatic rings. The van der Waals surface area contributed by atoms with Gasteiger partial charge in [-0.3, -0.25) is 0 Å². The average molecular weight is 267 g/mol. The topological polar surface area (TPSA) is 3.24 Å². The van der Waals surface area contributed by atoms with Crippen LogP contribution in [0.2, 0.25) is 0 Å². The molecule has 1 saturated heterocycles. The van der Waals surface area contributed by atoms with E-state index in [0.29, 0.717) is 11.5 Å². The van der Waals surface area contributed by atoms with E-state index in [-0.39, 0.29) is 0 Å². The van der Waals surface area contributed by atoms with Crippen LogP contribution in [0.25, 0.3) is 0 Å². The van der Waals surface area contributed by atoms with Gasteiger partial charge in [0.2, 0.25) is 0 Å². The number of hydrogen-bond acceptors (Lipinski definition) is 1. The van der Waals surface area contributed by atoms with Crippen molar-refractivity contribution in [2.75, 3.05) is 18.0 Å². The summed E-state index contributed by atoms with van der Waals surface area (Å²) in [5.41, 5.74) is 0.376. The molecule has 102 valence electrons. The third-order valence-corrected chi connectivity index (χ3v) is 3.60. The fourth-order valence-electron chi connectivity index (χ4n) is 2.35. The molecule has 4 heteroatoms. The Morgan fingerprint density at radius 1 is 1.26 bits per heavy atom. The minimum atomic E-state index is -4.35. The third-order valence-electron chi connectivity index (χ3n) is 3.60. The van der Waals surface area contributed by atoms with Crippen LogP contribution in [-0.4, -0.2) is 13.1 Å². The van der Waals surface area contributed by atoms with E-state index in [0.717, 1.165) is 43.8 Å². The quantitative estimate of drug-likeness (QED) is 0.697. The lowest BCUT2D eigenvalue weighted by Crippen LogP contribution is -2.33. The minimum absolute atomic E-state index is 0.323. The number of benzene rings is 1. The summed E-state index contributed by atoms with van der Waals surface area (Å²) in [6, 6.07) is 3.66. The zero-order valence-electron chi connectivity index (χ0n) is 10.8. The van der Waals surface area contributed by atoms with Crippen molar-refractivity contribution in [3.63, 3.8) is 0 Å². The number of terminal acetylenes is 1. The molecule has 0 saturated carbocycles. The Balaban J connectivity index is 2.29. The number of piperidine rings is 1. The second-order valence-electron chi connectivity index (χ2n) is 5.04. The van der Waals surface area contributed by atoms with Crippen LogP contribution in [0.5, 0.6) is 0 Å². The van der Waals surface area contributed by atoms with Gasteiger partial charge in [0.25, 0.3) is 0 Å². The first kappa shape index (κ1) is 13.8. The summed E-state index contributed by atoms with van der Waals surface area (Å²) >= 11 is 0. The molecule has 0 aliphatic carbocycles. The third kappa shape index (κ3) is 3.04. The van der Waals surface area contributed by atoms with E-state index >= 15 is 0 Å². The highest BCUT2D eigenvalue weighted by molar-refractivity contribution is 5.62. The summed E-state index contributed by atoms with van der Waals surface area (Å²) < 4.78 is 37.9. The van der Waals surface area contributed by atoms with Crippen LogP contribution in [-0.2, 0) is 6.18 Å². The maximum absolute atomic E-state index is 12.6. The molecule has 0 N–H and O–H groups in total. The highest BCUT2D eigenvalue weighted by Gasteiger charge is 2.31. The van der Waals surface area contributed by atoms with Crippen molar-refractivity contribution in [1.29, 1.82) is 0 Å². The van der Waals surface area contributed by atoms with Crippen molar-refractivity contribution in [3.05, 3.63) is 29.3 Å². The number of rotatable bonds is 1. The number of anilines is 1. The van der Waals surface area contributed by atoms with E-state index < -0.39 is 11.7 Å². The van der Waals surface area contributed by atoms with Crippen LogP contribution in [0.1, 0.15) is 30.9 Å². The maximum atomic E-state index is 12.6. The molecule has 1 aliphatic heterocycles. The van der Waals surface area contributed by atoms with Crippen molar-refractivity contribution in [2.24, 2.45) is 5.92 Å². The van der Waals surface area contributed by atoms with Gasteiger partial charge in [0, 0.05) is 18.7 Å². The first-order valence-electron chi connectivity index (χ1n) is 6.34. The molecule has 1 aromatic carbocycles. The molecule has 0 bridgehead atoms. The molecule has 0 unspecified atom stereocenters. The molecule has 0 amide bonds. The average Bonchev–Trinajstić information content (AvgIpc) is 2.38. The Kier molecular flexibility index (Phi) is 3.75. The van der Waals surface area contributed by atoms with Crippen LogP contribution in [0.15, 0.2) is 18.2 Å². The predicted molar refractivity (Wildman–Crippen MR) is 70.0 cm³/mol. The standard InChI is InChI=1S/C15H16F3N/c1-3-12-10-13(15(16,17)18)4-5-14(12)19-8-6-11(2)7-9-19/h1,4-5,10-11H,6-9H2,2H3. The van der Waals surface area contributed by atoms with E-state index in [9.17, 15) is 13.2 Å². The summed E-state index contributed by atoms with van der Waals surface area (Å²) in [4.78, 5) is 2.08. The molecule has 1 heterocycles. The van der Waals surface area contributed by atoms with Gasteiger partial charge in [0.1, 0.15) is 0 Å². The first-order valence-corrected chi connectivity index (χ1v) is 6.34. The van der Waals surface area contributed by atoms with Crippen LogP contribution < -0.4 is 4.90 Å². The lowest BCUT2D eigenvalue weighted by Gasteiger charge is -2.33. The fourth-order valence-corrected chi connectivity index (χ4v) is 2.35. The van der Waals surface area contributed by atoms with Gasteiger partial charge in [-0.15, -0.1) is 6.42 Å². The lowest BCUT2D eigenvalue weighted by atomic mass is 9.97. The van der Waals surface area contributed by atoms with Gasteiger partial charge in [-0.1, -0.05) is 12.8 Å². The summed E-state index contributed by atoms with van der Waals surface area (Å²) in [6.07, 6.45) is 3.10. The van der Waals surface area contributed by atoms with Crippen molar-refractivity contribution < 1.29 is 13.2 Å². The molecular weight excluding hydrogens is 251 g/mol. The molecular formula is C15H16F3N. The molecule has 1 nitrogen and oxygen atoms in total. The van der Waals surface area contributed by atoms with Gasteiger partial charge in [0.15, 0.2) is 0 Å². The smallest absolute Gasteiger partial charge is 0.371 e. The number of nitrogens with zero attached hydrogens (tertiary/aromatic N) is 1. The first-order chi connectivity index (χ1) is 8.91. The van der Waals surface area contributed by atoms with Crippen molar-refractivity contribution in [3.8, 4) is 12.3 Å². The summed E-state index contributed by atoms with van der Waals surface area (Å²) in [7, 11) is 0. The van der Waals surface area contributed by atoms with Gasteiger partial charge in [-0.25, -0.2) is 0 Å². The molecule has 2 rings (SSSR count). The van der Waals surface area contributed by atoms with Gasteiger partial charge >= 0.3 is 6.18 Å². The Morgan fingerprint density at radius 3 is 2.42 bits per heavy atom. The Labute approximate surface area is 111 Å². The second-order valence-corrected chi connectivity index (χ2v) is 5.04. The van der Waals surface area contributed by atoms with Crippen LogP contribution >= 0.6 is 0 Å². The lowest BCUT2D eigenvalue weighted by molar-refractivity contribution is -0.137. The molecule has 0 atom stereocenters. The summed E-state index contributed by atoms with van der Waals surface area (Å²) in [6.45, 7) is 3.88. The Hall–Kier alpha value is -1.63. The van der Waals surface area contributed by atoms with Crippen LogP contribution in [0.4, 0.5) is 18.9 Å². The SMILES string of the molecule is C#Cc1cc(C(F)(F)F)ccc1N1CCC(C)CC1. The maximum Gasteiger partial charge on any atom is 0.416 e. The van der Waals surface area contributed by atoms with E-state index in [4.69, 9.17) is 6.42 Å². The highest BCUT2D eigenvalue weighted by atomic mass is 19.4.